The van der Waals surface area contributed by atoms with Crippen LogP contribution in [0.25, 0.3) is 0 Å². The Bertz CT molecular complexity index is 798. The summed E-state index contributed by atoms with van der Waals surface area (Å²) in [5, 5.41) is 7.48. The maximum atomic E-state index is 11.1. The Morgan fingerprint density at radius 3 is 2.78 bits per heavy atom. The zero-order chi connectivity index (χ0) is 16.1. The fraction of sp³-hybridized carbons (Fsp3) is 0.118. The lowest BCUT2D eigenvalue weighted by atomic mass is 10.1. The molecule has 1 aromatic carbocycles. The quantitative estimate of drug-likeness (QED) is 0.729. The van der Waals surface area contributed by atoms with Crippen LogP contribution in [-0.2, 0) is 13.1 Å². The lowest BCUT2D eigenvalue weighted by Crippen LogP contribution is -2.13. The third-order valence-electron chi connectivity index (χ3n) is 3.40. The van der Waals surface area contributed by atoms with Gasteiger partial charge in [-0.05, 0) is 29.3 Å². The maximum Gasteiger partial charge on any atom is 0.267 e. The number of nitrogens with zero attached hydrogens (tertiary/aromatic N) is 3. The zero-order valence-corrected chi connectivity index (χ0v) is 12.5. The second kappa shape index (κ2) is 6.74. The van der Waals surface area contributed by atoms with Gasteiger partial charge in [0, 0.05) is 30.8 Å². The highest BCUT2D eigenvalue weighted by Crippen LogP contribution is 2.12. The fourth-order valence-corrected chi connectivity index (χ4v) is 2.30. The topological polar surface area (TPSA) is 85.8 Å². The highest BCUT2D eigenvalue weighted by molar-refractivity contribution is 5.91. The number of anilines is 1. The Labute approximate surface area is 134 Å². The lowest BCUT2D eigenvalue weighted by molar-refractivity contribution is 0.0995. The molecule has 23 heavy (non-hydrogen) atoms. The summed E-state index contributed by atoms with van der Waals surface area (Å²) in [5.41, 5.74) is 8.63. The molecule has 0 unspecified atom stereocenters. The molecule has 3 rings (SSSR count). The van der Waals surface area contributed by atoms with Crippen molar-refractivity contribution in [3.63, 3.8) is 0 Å². The van der Waals surface area contributed by atoms with Gasteiger partial charge in [-0.15, -0.1) is 0 Å². The molecule has 0 aliphatic heterocycles. The van der Waals surface area contributed by atoms with Crippen LogP contribution in [0, 0.1) is 0 Å². The smallest absolute Gasteiger partial charge is 0.267 e. The molecular weight excluding hydrogens is 290 g/mol. The van der Waals surface area contributed by atoms with Gasteiger partial charge in [0.05, 0.1) is 6.54 Å². The molecule has 3 N–H and O–H groups in total. The molecule has 0 saturated carbocycles. The number of nitrogens with one attached hydrogen (secondary N) is 1. The summed E-state index contributed by atoms with van der Waals surface area (Å²) in [7, 11) is 0. The van der Waals surface area contributed by atoms with E-state index < -0.39 is 5.91 Å². The predicted octanol–water partition coefficient (Wildman–Crippen LogP) is 2.04. The molecule has 0 fully saturated rings. The van der Waals surface area contributed by atoms with Gasteiger partial charge in [-0.25, -0.2) is 0 Å². The van der Waals surface area contributed by atoms with Crippen molar-refractivity contribution < 1.29 is 4.79 Å². The Balaban J connectivity index is 1.66. The number of pyridine rings is 1. The van der Waals surface area contributed by atoms with Crippen LogP contribution in [0.3, 0.4) is 0 Å². The highest BCUT2D eigenvalue weighted by atomic mass is 16.1. The van der Waals surface area contributed by atoms with E-state index in [-0.39, 0.29) is 5.69 Å². The first kappa shape index (κ1) is 14.8. The van der Waals surface area contributed by atoms with Gasteiger partial charge in [0.1, 0.15) is 5.69 Å². The van der Waals surface area contributed by atoms with E-state index in [0.717, 1.165) is 17.8 Å². The van der Waals surface area contributed by atoms with Crippen LogP contribution >= 0.6 is 0 Å². The van der Waals surface area contributed by atoms with Crippen molar-refractivity contribution in [1.29, 1.82) is 0 Å². The Kier molecular flexibility index (Phi) is 4.33. The largest absolute Gasteiger partial charge is 0.381 e. The van der Waals surface area contributed by atoms with Gasteiger partial charge in [0.15, 0.2) is 0 Å². The summed E-state index contributed by atoms with van der Waals surface area (Å²) in [6.45, 7) is 1.39. The van der Waals surface area contributed by atoms with Crippen LogP contribution in [-0.4, -0.2) is 20.7 Å². The number of carbonyl (C=O) groups is 1. The second-order valence-corrected chi connectivity index (χ2v) is 5.17. The predicted molar refractivity (Wildman–Crippen MR) is 87.9 cm³/mol. The molecule has 0 bridgehead atoms. The standard InChI is InChI=1S/C17H17N5O/c18-17(23)16-10-15(5-7-19-16)20-11-13-3-1-4-14(9-13)12-22-8-2-6-21-22/h1-10H,11-12H2,(H2,18,23)(H,19,20). The van der Waals surface area contributed by atoms with E-state index in [4.69, 9.17) is 5.73 Å². The number of amides is 1. The number of benzene rings is 1. The molecule has 0 atom stereocenters. The van der Waals surface area contributed by atoms with Crippen molar-refractivity contribution in [2.24, 2.45) is 5.73 Å². The average molecular weight is 307 g/mol. The van der Waals surface area contributed by atoms with Gasteiger partial charge in [0.25, 0.3) is 5.91 Å². The minimum absolute atomic E-state index is 0.252. The third-order valence-corrected chi connectivity index (χ3v) is 3.40. The van der Waals surface area contributed by atoms with Crippen molar-refractivity contribution in [2.75, 3.05) is 5.32 Å². The summed E-state index contributed by atoms with van der Waals surface area (Å²) in [4.78, 5) is 15.1. The van der Waals surface area contributed by atoms with E-state index in [9.17, 15) is 4.79 Å². The van der Waals surface area contributed by atoms with E-state index in [2.05, 4.69) is 33.6 Å². The molecule has 3 aromatic rings. The molecule has 0 aliphatic rings. The molecule has 1 amide bonds. The number of rotatable bonds is 6. The Morgan fingerprint density at radius 2 is 2.00 bits per heavy atom. The fourth-order valence-electron chi connectivity index (χ4n) is 2.30. The first-order chi connectivity index (χ1) is 11.2. The third kappa shape index (κ3) is 3.94. The van der Waals surface area contributed by atoms with Crippen LogP contribution in [0.1, 0.15) is 21.6 Å². The molecular formula is C17H17N5O. The van der Waals surface area contributed by atoms with E-state index in [1.807, 2.05) is 23.0 Å². The van der Waals surface area contributed by atoms with Gasteiger partial charge in [-0.2, -0.15) is 5.10 Å². The molecule has 2 aromatic heterocycles. The van der Waals surface area contributed by atoms with Crippen molar-refractivity contribution in [3.05, 3.63) is 77.9 Å². The van der Waals surface area contributed by atoms with Crippen molar-refractivity contribution in [1.82, 2.24) is 14.8 Å². The number of aromatic nitrogens is 3. The van der Waals surface area contributed by atoms with Crippen LogP contribution in [0.2, 0.25) is 0 Å². The molecule has 6 nitrogen and oxygen atoms in total. The number of hydrogen-bond donors (Lipinski definition) is 2. The van der Waals surface area contributed by atoms with E-state index in [1.165, 1.54) is 5.56 Å². The van der Waals surface area contributed by atoms with Gasteiger partial charge in [0.2, 0.25) is 0 Å². The first-order valence-electron chi connectivity index (χ1n) is 7.26. The number of carbonyl (C=O) groups excluding carboxylic acids is 1. The van der Waals surface area contributed by atoms with Gasteiger partial charge < -0.3 is 11.1 Å². The SMILES string of the molecule is NC(=O)c1cc(NCc2cccc(Cn3cccn3)c2)ccn1. The van der Waals surface area contributed by atoms with Crippen LogP contribution < -0.4 is 11.1 Å². The van der Waals surface area contributed by atoms with Crippen LogP contribution in [0.4, 0.5) is 5.69 Å². The van der Waals surface area contributed by atoms with Gasteiger partial charge >= 0.3 is 0 Å². The molecule has 0 saturated heterocycles. The molecule has 0 spiro atoms. The number of primary amides is 1. The van der Waals surface area contributed by atoms with E-state index in [1.54, 1.807) is 24.5 Å². The summed E-state index contributed by atoms with van der Waals surface area (Å²) < 4.78 is 1.88. The second-order valence-electron chi connectivity index (χ2n) is 5.17. The van der Waals surface area contributed by atoms with Crippen molar-refractivity contribution >= 4 is 11.6 Å². The monoisotopic (exact) mass is 307 g/mol. The number of nitrogens with two attached hydrogens (primary N) is 1. The molecule has 6 heteroatoms. The maximum absolute atomic E-state index is 11.1. The molecule has 0 aliphatic carbocycles. The normalized spacial score (nSPS) is 10.4. The average Bonchev–Trinajstić information content (AvgIpc) is 3.06. The highest BCUT2D eigenvalue weighted by Gasteiger charge is 2.03. The molecule has 0 radical (unpaired) electrons. The van der Waals surface area contributed by atoms with Gasteiger partial charge in [-0.3, -0.25) is 14.5 Å². The van der Waals surface area contributed by atoms with E-state index in [0.29, 0.717) is 6.54 Å². The Hall–Kier alpha value is -3.15. The Morgan fingerprint density at radius 1 is 1.13 bits per heavy atom. The summed E-state index contributed by atoms with van der Waals surface area (Å²) in [6.07, 6.45) is 5.27. The van der Waals surface area contributed by atoms with Crippen molar-refractivity contribution in [3.8, 4) is 0 Å². The van der Waals surface area contributed by atoms with Crippen LogP contribution in [0.5, 0.6) is 0 Å². The summed E-state index contributed by atoms with van der Waals surface area (Å²) in [6, 6.07) is 13.6. The van der Waals surface area contributed by atoms with Gasteiger partial charge in [-0.1, -0.05) is 24.3 Å². The minimum atomic E-state index is -0.533. The van der Waals surface area contributed by atoms with Crippen LogP contribution in [0.15, 0.2) is 61.1 Å². The summed E-state index contributed by atoms with van der Waals surface area (Å²) in [5.74, 6) is -0.533. The minimum Gasteiger partial charge on any atom is -0.381 e. The van der Waals surface area contributed by atoms with Crippen molar-refractivity contribution in [2.45, 2.75) is 13.1 Å². The summed E-state index contributed by atoms with van der Waals surface area (Å²) >= 11 is 0. The first-order valence-corrected chi connectivity index (χ1v) is 7.26. The number of hydrogen-bond acceptors (Lipinski definition) is 4. The molecule has 2 heterocycles. The zero-order valence-electron chi connectivity index (χ0n) is 12.5. The molecule has 116 valence electrons. The lowest BCUT2D eigenvalue weighted by Gasteiger charge is -2.09. The van der Waals surface area contributed by atoms with E-state index >= 15 is 0 Å².